The average molecular weight is 526 g/mol. The van der Waals surface area contributed by atoms with Crippen molar-refractivity contribution in [3.8, 4) is 0 Å². The van der Waals surface area contributed by atoms with Crippen LogP contribution in [0.4, 0.5) is 5.69 Å². The Bertz CT molecular complexity index is 1280. The summed E-state index contributed by atoms with van der Waals surface area (Å²) in [6.07, 6.45) is 3.84. The van der Waals surface area contributed by atoms with Crippen LogP contribution in [-0.4, -0.2) is 38.9 Å². The number of rotatable bonds is 9. The van der Waals surface area contributed by atoms with Gasteiger partial charge in [-0.25, -0.2) is 8.42 Å². The van der Waals surface area contributed by atoms with E-state index in [9.17, 15) is 13.2 Å². The Labute approximate surface area is 218 Å². The van der Waals surface area contributed by atoms with Crippen LogP contribution in [-0.2, 0) is 27.9 Å². The third-order valence-electron chi connectivity index (χ3n) is 6.43. The van der Waals surface area contributed by atoms with Gasteiger partial charge in [-0.1, -0.05) is 66.6 Å². The second-order valence-corrected chi connectivity index (χ2v) is 11.5. The van der Waals surface area contributed by atoms with Crippen LogP contribution in [0.1, 0.15) is 36.0 Å². The zero-order valence-electron chi connectivity index (χ0n) is 20.5. The number of hydrogen-bond donors (Lipinski definition) is 1. The summed E-state index contributed by atoms with van der Waals surface area (Å²) < 4.78 is 28.1. The number of carbonyl (C=O) groups is 1. The summed E-state index contributed by atoms with van der Waals surface area (Å²) in [5.74, 6) is -0.397. The van der Waals surface area contributed by atoms with Gasteiger partial charge in [0.1, 0.15) is 6.54 Å². The summed E-state index contributed by atoms with van der Waals surface area (Å²) in [4.78, 5) is 15.5. The van der Waals surface area contributed by atoms with Crippen molar-refractivity contribution >= 4 is 33.2 Å². The summed E-state index contributed by atoms with van der Waals surface area (Å²) in [6.45, 7) is 4.99. The van der Waals surface area contributed by atoms with E-state index in [0.717, 1.165) is 29.5 Å². The second-order valence-electron chi connectivity index (χ2n) is 9.19. The molecule has 190 valence electrons. The summed E-state index contributed by atoms with van der Waals surface area (Å²) >= 11 is 6.18. The quantitative estimate of drug-likeness (QED) is 0.419. The number of anilines is 1. The molecule has 3 aromatic rings. The molecule has 0 radical (unpaired) electrons. The van der Waals surface area contributed by atoms with Crippen molar-refractivity contribution in [1.29, 1.82) is 0 Å². The van der Waals surface area contributed by atoms with Gasteiger partial charge >= 0.3 is 0 Å². The molecular weight excluding hydrogens is 494 g/mol. The Morgan fingerprint density at radius 3 is 2.31 bits per heavy atom. The van der Waals surface area contributed by atoms with E-state index in [1.807, 2.05) is 12.1 Å². The first-order chi connectivity index (χ1) is 17.3. The van der Waals surface area contributed by atoms with E-state index in [1.54, 1.807) is 43.3 Å². The molecule has 0 unspecified atom stereocenters. The molecule has 1 amide bonds. The van der Waals surface area contributed by atoms with Crippen LogP contribution in [0, 0.1) is 6.92 Å². The highest BCUT2D eigenvalue weighted by Gasteiger charge is 2.28. The van der Waals surface area contributed by atoms with E-state index < -0.39 is 15.9 Å². The van der Waals surface area contributed by atoms with E-state index in [1.165, 1.54) is 37.0 Å². The van der Waals surface area contributed by atoms with Crippen molar-refractivity contribution in [3.05, 3.63) is 94.5 Å². The van der Waals surface area contributed by atoms with Gasteiger partial charge in [0.05, 0.1) is 10.6 Å². The van der Waals surface area contributed by atoms with Crippen LogP contribution >= 0.6 is 11.6 Å². The summed E-state index contributed by atoms with van der Waals surface area (Å²) in [7, 11) is -3.98. The number of aryl methyl sites for hydroxylation is 1. The molecule has 1 fully saturated rings. The zero-order valence-corrected chi connectivity index (χ0v) is 22.1. The Balaban J connectivity index is 1.45. The molecule has 1 N–H and O–H groups in total. The molecule has 1 saturated heterocycles. The van der Waals surface area contributed by atoms with Crippen molar-refractivity contribution in [2.24, 2.45) is 0 Å². The summed E-state index contributed by atoms with van der Waals surface area (Å²) in [5.41, 5.74) is 3.30. The van der Waals surface area contributed by atoms with Gasteiger partial charge in [0.2, 0.25) is 5.91 Å². The molecule has 36 heavy (non-hydrogen) atoms. The molecule has 0 spiro atoms. The Morgan fingerprint density at radius 1 is 0.944 bits per heavy atom. The lowest BCUT2D eigenvalue weighted by Gasteiger charge is -2.26. The van der Waals surface area contributed by atoms with E-state index in [2.05, 4.69) is 22.3 Å². The maximum absolute atomic E-state index is 13.5. The average Bonchev–Trinajstić information content (AvgIpc) is 2.89. The normalized spacial score (nSPS) is 14.4. The van der Waals surface area contributed by atoms with Gasteiger partial charge in [-0.15, -0.1) is 0 Å². The van der Waals surface area contributed by atoms with Crippen LogP contribution in [0.2, 0.25) is 5.02 Å². The lowest BCUT2D eigenvalue weighted by atomic mass is 10.1. The fourth-order valence-electron chi connectivity index (χ4n) is 4.40. The number of amides is 1. The molecule has 0 bridgehead atoms. The first kappa shape index (κ1) is 26.2. The first-order valence-electron chi connectivity index (χ1n) is 12.2. The lowest BCUT2D eigenvalue weighted by molar-refractivity contribution is -0.119. The van der Waals surface area contributed by atoms with E-state index in [4.69, 9.17) is 11.6 Å². The predicted molar refractivity (Wildman–Crippen MR) is 145 cm³/mol. The molecule has 6 nitrogen and oxygen atoms in total. The van der Waals surface area contributed by atoms with Gasteiger partial charge in [0.15, 0.2) is 0 Å². The molecular formula is C28H32ClN3O3S. The number of likely N-dealkylation sites (tertiary alicyclic amines) is 1. The van der Waals surface area contributed by atoms with Crippen LogP contribution in [0.15, 0.2) is 77.7 Å². The SMILES string of the molecule is Cc1ccc(Cl)cc1N(CC(=O)NCc1ccc(CN2CCCCC2)cc1)S(=O)(=O)c1ccccc1. The standard InChI is InChI=1S/C28H32ClN3O3S/c1-22-10-15-25(29)18-27(22)32(36(34,35)26-8-4-2-5-9-26)21-28(33)30-19-23-11-13-24(14-12-23)20-31-16-6-3-7-17-31/h2,4-5,8-15,18H,3,6-7,16-17,19-21H2,1H3,(H,30,33). The molecule has 0 saturated carbocycles. The molecule has 0 aliphatic carbocycles. The van der Waals surface area contributed by atoms with Crippen LogP contribution < -0.4 is 9.62 Å². The van der Waals surface area contributed by atoms with Crippen molar-refractivity contribution in [1.82, 2.24) is 10.2 Å². The number of piperidine rings is 1. The highest BCUT2D eigenvalue weighted by Crippen LogP contribution is 2.29. The molecule has 0 atom stereocenters. The fourth-order valence-corrected chi connectivity index (χ4v) is 6.06. The fraction of sp³-hybridized carbons (Fsp3) is 0.321. The minimum atomic E-state index is -3.98. The van der Waals surface area contributed by atoms with Gasteiger partial charge in [0, 0.05) is 18.1 Å². The van der Waals surface area contributed by atoms with Crippen molar-refractivity contribution in [2.75, 3.05) is 23.9 Å². The number of halogens is 1. The minimum Gasteiger partial charge on any atom is -0.350 e. The lowest BCUT2D eigenvalue weighted by Crippen LogP contribution is -2.41. The van der Waals surface area contributed by atoms with Crippen molar-refractivity contribution in [3.63, 3.8) is 0 Å². The number of benzene rings is 3. The largest absolute Gasteiger partial charge is 0.350 e. The molecule has 1 aliphatic heterocycles. The minimum absolute atomic E-state index is 0.112. The number of nitrogens with one attached hydrogen (secondary N) is 1. The zero-order chi connectivity index (χ0) is 25.5. The van der Waals surface area contributed by atoms with Gasteiger partial charge in [0.25, 0.3) is 10.0 Å². The third-order valence-corrected chi connectivity index (χ3v) is 8.43. The van der Waals surface area contributed by atoms with E-state index in [0.29, 0.717) is 22.8 Å². The molecule has 8 heteroatoms. The van der Waals surface area contributed by atoms with Crippen molar-refractivity contribution in [2.45, 2.75) is 44.2 Å². The third kappa shape index (κ3) is 6.66. The number of nitrogens with zero attached hydrogens (tertiary/aromatic N) is 2. The highest BCUT2D eigenvalue weighted by atomic mass is 35.5. The van der Waals surface area contributed by atoms with Crippen LogP contribution in [0.25, 0.3) is 0 Å². The maximum Gasteiger partial charge on any atom is 0.264 e. The Hall–Kier alpha value is -2.87. The van der Waals surface area contributed by atoms with Gasteiger partial charge in [-0.05, 0) is 73.8 Å². The predicted octanol–water partition coefficient (Wildman–Crippen LogP) is 5.15. The van der Waals surface area contributed by atoms with E-state index >= 15 is 0 Å². The molecule has 1 heterocycles. The van der Waals surface area contributed by atoms with Crippen LogP contribution in [0.3, 0.4) is 0 Å². The Morgan fingerprint density at radius 2 is 1.61 bits per heavy atom. The van der Waals surface area contributed by atoms with Gasteiger partial charge < -0.3 is 5.32 Å². The second kappa shape index (κ2) is 11.9. The number of sulfonamides is 1. The molecule has 3 aromatic carbocycles. The Kier molecular flexibility index (Phi) is 8.67. The number of hydrogen-bond acceptors (Lipinski definition) is 4. The van der Waals surface area contributed by atoms with Gasteiger partial charge in [-0.2, -0.15) is 0 Å². The summed E-state index contributed by atoms with van der Waals surface area (Å²) in [6, 6.07) is 21.3. The monoisotopic (exact) mass is 525 g/mol. The number of carbonyl (C=O) groups excluding carboxylic acids is 1. The topological polar surface area (TPSA) is 69.7 Å². The molecule has 1 aliphatic rings. The first-order valence-corrected chi connectivity index (χ1v) is 14.1. The van der Waals surface area contributed by atoms with E-state index in [-0.39, 0.29) is 11.4 Å². The smallest absolute Gasteiger partial charge is 0.264 e. The highest BCUT2D eigenvalue weighted by molar-refractivity contribution is 7.92. The van der Waals surface area contributed by atoms with Crippen molar-refractivity contribution < 1.29 is 13.2 Å². The van der Waals surface area contributed by atoms with Crippen LogP contribution in [0.5, 0.6) is 0 Å². The molecule has 0 aromatic heterocycles. The molecule has 4 rings (SSSR count). The maximum atomic E-state index is 13.5. The van der Waals surface area contributed by atoms with Gasteiger partial charge in [-0.3, -0.25) is 14.0 Å². The summed E-state index contributed by atoms with van der Waals surface area (Å²) in [5, 5.41) is 3.27.